The molecule has 3 aromatic rings. The van der Waals surface area contributed by atoms with E-state index in [2.05, 4.69) is 15.6 Å². The average Bonchev–Trinajstić information content (AvgIpc) is 3.10. The van der Waals surface area contributed by atoms with E-state index >= 15 is 0 Å². The molecule has 33 heavy (non-hydrogen) atoms. The number of alkyl halides is 3. The number of rotatable bonds is 4. The number of nitrogens with zero attached hydrogens (tertiary/aromatic N) is 1. The number of para-hydroxylation sites is 2. The third-order valence-corrected chi connectivity index (χ3v) is 5.27. The fourth-order valence-corrected chi connectivity index (χ4v) is 3.61. The van der Waals surface area contributed by atoms with Gasteiger partial charge >= 0.3 is 6.18 Å². The minimum absolute atomic E-state index is 0.229. The van der Waals surface area contributed by atoms with Crippen LogP contribution in [0.4, 0.5) is 35.9 Å². The first-order valence-corrected chi connectivity index (χ1v) is 9.96. The van der Waals surface area contributed by atoms with Crippen LogP contribution < -0.4 is 16.4 Å². The van der Waals surface area contributed by atoms with Gasteiger partial charge in [-0.05, 0) is 67.1 Å². The monoisotopic (exact) mass is 452 g/mol. The molecule has 1 heterocycles. The summed E-state index contributed by atoms with van der Waals surface area (Å²) in [5.74, 6) is -1.74. The number of carbonyl (C=O) groups excluding carboxylic acids is 2. The number of hydrogen-bond acceptors (Lipinski definition) is 4. The Morgan fingerprint density at radius 1 is 1.06 bits per heavy atom. The molecule has 9 heteroatoms. The molecule has 6 nitrogen and oxygen atoms in total. The standard InChI is InChI=1S/C24H19F3N4O2/c1-13(21-17-12-15(24(25,26)27)8-11-19(17)30-23(21)33)29-16-9-6-14(7-10-16)22(32)31-20-5-3-2-4-18(20)28/h2-12,21H,28H2,1H3,(H,30,33)(H,31,32). The molecule has 0 aromatic heterocycles. The molecule has 0 fully saturated rings. The molecule has 4 N–H and O–H groups in total. The Morgan fingerprint density at radius 2 is 1.76 bits per heavy atom. The lowest BCUT2D eigenvalue weighted by Crippen LogP contribution is -2.19. The van der Waals surface area contributed by atoms with Crippen molar-refractivity contribution in [3.8, 4) is 0 Å². The van der Waals surface area contributed by atoms with Crippen molar-refractivity contribution in [1.29, 1.82) is 0 Å². The van der Waals surface area contributed by atoms with Crippen molar-refractivity contribution >= 4 is 40.3 Å². The van der Waals surface area contributed by atoms with Gasteiger partial charge in [-0.25, -0.2) is 0 Å². The van der Waals surface area contributed by atoms with Gasteiger partial charge in [-0.2, -0.15) is 13.2 Å². The predicted octanol–water partition coefficient (Wildman–Crippen LogP) is 5.37. The van der Waals surface area contributed by atoms with Gasteiger partial charge in [0.2, 0.25) is 5.91 Å². The van der Waals surface area contributed by atoms with E-state index in [1.165, 1.54) is 6.07 Å². The molecule has 0 saturated heterocycles. The molecule has 1 atom stereocenters. The summed E-state index contributed by atoms with van der Waals surface area (Å²) in [5.41, 5.74) is 7.65. The van der Waals surface area contributed by atoms with Crippen molar-refractivity contribution < 1.29 is 22.8 Å². The summed E-state index contributed by atoms with van der Waals surface area (Å²) in [4.78, 5) is 29.3. The van der Waals surface area contributed by atoms with Gasteiger partial charge in [0.25, 0.3) is 5.91 Å². The summed E-state index contributed by atoms with van der Waals surface area (Å²) < 4.78 is 39.3. The van der Waals surface area contributed by atoms with Crippen LogP contribution in [0.5, 0.6) is 0 Å². The van der Waals surface area contributed by atoms with Crippen molar-refractivity contribution in [3.63, 3.8) is 0 Å². The lowest BCUT2D eigenvalue weighted by Gasteiger charge is -2.12. The van der Waals surface area contributed by atoms with Crippen LogP contribution in [0, 0.1) is 0 Å². The lowest BCUT2D eigenvalue weighted by atomic mass is 9.94. The zero-order valence-electron chi connectivity index (χ0n) is 17.4. The summed E-state index contributed by atoms with van der Waals surface area (Å²) in [6.07, 6.45) is -4.52. The molecular weight excluding hydrogens is 433 g/mol. The van der Waals surface area contributed by atoms with E-state index in [0.29, 0.717) is 34.0 Å². The molecule has 168 valence electrons. The number of fused-ring (bicyclic) bond motifs is 1. The number of nitrogens with one attached hydrogen (secondary N) is 2. The van der Waals surface area contributed by atoms with Crippen LogP contribution in [-0.2, 0) is 11.0 Å². The van der Waals surface area contributed by atoms with Gasteiger partial charge < -0.3 is 16.4 Å². The van der Waals surface area contributed by atoms with Gasteiger partial charge in [0.05, 0.1) is 22.6 Å². The highest BCUT2D eigenvalue weighted by molar-refractivity contribution is 6.18. The van der Waals surface area contributed by atoms with E-state index in [0.717, 1.165) is 12.1 Å². The summed E-state index contributed by atoms with van der Waals surface area (Å²) in [6, 6.07) is 16.3. The van der Waals surface area contributed by atoms with E-state index in [4.69, 9.17) is 5.73 Å². The van der Waals surface area contributed by atoms with E-state index in [1.807, 2.05) is 0 Å². The summed E-state index contributed by atoms with van der Waals surface area (Å²) in [6.45, 7) is 1.58. The Balaban J connectivity index is 1.55. The van der Waals surface area contributed by atoms with Crippen LogP contribution in [0.2, 0.25) is 0 Å². The Bertz CT molecular complexity index is 1270. The number of benzene rings is 3. The van der Waals surface area contributed by atoms with Crippen LogP contribution >= 0.6 is 0 Å². The van der Waals surface area contributed by atoms with Crippen LogP contribution in [0.3, 0.4) is 0 Å². The second kappa shape index (κ2) is 8.42. The number of amides is 2. The van der Waals surface area contributed by atoms with Crippen LogP contribution in [-0.4, -0.2) is 17.5 Å². The third-order valence-electron chi connectivity index (χ3n) is 5.27. The Labute approximate surface area is 187 Å². The third kappa shape index (κ3) is 4.57. The van der Waals surface area contributed by atoms with Crippen molar-refractivity contribution in [2.24, 2.45) is 4.99 Å². The largest absolute Gasteiger partial charge is 0.416 e. The highest BCUT2D eigenvalue weighted by Gasteiger charge is 2.37. The second-order valence-electron chi connectivity index (χ2n) is 7.56. The van der Waals surface area contributed by atoms with Crippen molar-refractivity contribution in [3.05, 3.63) is 83.4 Å². The Morgan fingerprint density at radius 3 is 2.42 bits per heavy atom. The number of anilines is 3. The van der Waals surface area contributed by atoms with E-state index < -0.39 is 23.6 Å². The number of nitrogen functional groups attached to an aromatic ring is 1. The topological polar surface area (TPSA) is 96.6 Å². The minimum atomic E-state index is -4.52. The van der Waals surface area contributed by atoms with Gasteiger partial charge in [0.15, 0.2) is 0 Å². The van der Waals surface area contributed by atoms with Crippen LogP contribution in [0.15, 0.2) is 71.7 Å². The van der Waals surface area contributed by atoms with E-state index in [1.54, 1.807) is 55.5 Å². The summed E-state index contributed by atoms with van der Waals surface area (Å²) in [5, 5.41) is 5.32. The Hall–Kier alpha value is -4.14. The fraction of sp³-hybridized carbons (Fsp3) is 0.125. The van der Waals surface area contributed by atoms with Gasteiger partial charge in [-0.15, -0.1) is 0 Å². The average molecular weight is 452 g/mol. The highest BCUT2D eigenvalue weighted by Crippen LogP contribution is 2.39. The van der Waals surface area contributed by atoms with Crippen LogP contribution in [0.25, 0.3) is 0 Å². The zero-order valence-corrected chi connectivity index (χ0v) is 17.4. The van der Waals surface area contributed by atoms with Gasteiger partial charge in [0, 0.05) is 17.0 Å². The number of carbonyl (C=O) groups is 2. The van der Waals surface area contributed by atoms with Crippen molar-refractivity contribution in [2.45, 2.75) is 19.0 Å². The van der Waals surface area contributed by atoms with Gasteiger partial charge in [-0.1, -0.05) is 12.1 Å². The number of halogens is 3. The molecule has 1 aliphatic rings. The first kappa shape index (κ1) is 22.1. The highest BCUT2D eigenvalue weighted by atomic mass is 19.4. The first-order chi connectivity index (χ1) is 15.6. The fourth-order valence-electron chi connectivity index (χ4n) is 3.61. The van der Waals surface area contributed by atoms with Crippen molar-refractivity contribution in [1.82, 2.24) is 0 Å². The molecule has 1 unspecified atom stereocenters. The maximum Gasteiger partial charge on any atom is 0.416 e. The molecule has 3 aromatic carbocycles. The van der Waals surface area contributed by atoms with Crippen molar-refractivity contribution in [2.75, 3.05) is 16.4 Å². The number of aliphatic imine (C=N–C) groups is 1. The summed E-state index contributed by atoms with van der Waals surface area (Å²) >= 11 is 0. The maximum atomic E-state index is 13.1. The number of hydrogen-bond donors (Lipinski definition) is 3. The summed E-state index contributed by atoms with van der Waals surface area (Å²) in [7, 11) is 0. The van der Waals surface area contributed by atoms with Gasteiger partial charge in [0.1, 0.15) is 5.92 Å². The molecule has 0 radical (unpaired) electrons. The predicted molar refractivity (Wildman–Crippen MR) is 121 cm³/mol. The zero-order chi connectivity index (χ0) is 23.8. The quantitative estimate of drug-likeness (QED) is 0.367. The SMILES string of the molecule is CC(=Nc1ccc(C(=O)Nc2ccccc2N)cc1)C1C(=O)Nc2ccc(C(F)(F)F)cc21. The molecule has 0 aliphatic carbocycles. The van der Waals surface area contributed by atoms with E-state index in [-0.39, 0.29) is 11.5 Å². The minimum Gasteiger partial charge on any atom is -0.397 e. The molecular formula is C24H19F3N4O2. The molecule has 2 amide bonds. The molecule has 0 bridgehead atoms. The molecule has 4 rings (SSSR count). The van der Waals surface area contributed by atoms with E-state index in [9.17, 15) is 22.8 Å². The molecule has 0 saturated carbocycles. The Kier molecular flexibility index (Phi) is 5.63. The second-order valence-corrected chi connectivity index (χ2v) is 7.56. The maximum absolute atomic E-state index is 13.1. The lowest BCUT2D eigenvalue weighted by molar-refractivity contribution is -0.137. The molecule has 0 spiro atoms. The smallest absolute Gasteiger partial charge is 0.397 e. The normalized spacial score (nSPS) is 15.7. The molecule has 1 aliphatic heterocycles. The number of nitrogens with two attached hydrogens (primary N) is 1. The van der Waals surface area contributed by atoms with Crippen LogP contribution in [0.1, 0.15) is 34.3 Å². The first-order valence-electron chi connectivity index (χ1n) is 9.96. The van der Waals surface area contributed by atoms with Gasteiger partial charge in [-0.3, -0.25) is 14.6 Å².